The highest BCUT2D eigenvalue weighted by molar-refractivity contribution is 7.07. The third-order valence-electron chi connectivity index (χ3n) is 6.22. The number of ether oxygens (including phenoxy) is 1. The molecule has 210 valence electrons. The van der Waals surface area contributed by atoms with Crippen molar-refractivity contribution in [1.82, 2.24) is 24.6 Å². The summed E-state index contributed by atoms with van der Waals surface area (Å²) in [7, 11) is 0. The monoisotopic (exact) mass is 578 g/mol. The first-order valence-electron chi connectivity index (χ1n) is 12.5. The van der Waals surface area contributed by atoms with Gasteiger partial charge in [0.1, 0.15) is 12.1 Å². The summed E-state index contributed by atoms with van der Waals surface area (Å²) in [4.78, 5) is 21.9. The average molecular weight is 579 g/mol. The Kier molecular flexibility index (Phi) is 7.75. The molecule has 0 spiro atoms. The van der Waals surface area contributed by atoms with Crippen LogP contribution in [0.15, 0.2) is 83.4 Å². The van der Waals surface area contributed by atoms with Crippen molar-refractivity contribution in [1.29, 1.82) is 0 Å². The molecule has 8 nitrogen and oxygen atoms in total. The third kappa shape index (κ3) is 6.55. The van der Waals surface area contributed by atoms with Crippen molar-refractivity contribution in [3.63, 3.8) is 0 Å². The molecule has 0 fully saturated rings. The number of rotatable bonds is 6. The summed E-state index contributed by atoms with van der Waals surface area (Å²) in [6, 6.07) is 18.3. The molecule has 0 aliphatic carbocycles. The van der Waals surface area contributed by atoms with E-state index in [1.54, 1.807) is 0 Å². The Morgan fingerprint density at radius 3 is 2.34 bits per heavy atom. The van der Waals surface area contributed by atoms with Gasteiger partial charge < -0.3 is 10.1 Å². The molecular formula is C29H25F3N6O2S. The van der Waals surface area contributed by atoms with Crippen LogP contribution in [0.5, 0.6) is 5.75 Å². The van der Waals surface area contributed by atoms with E-state index in [0.717, 1.165) is 33.6 Å². The van der Waals surface area contributed by atoms with Crippen LogP contribution in [0.25, 0.3) is 22.8 Å². The van der Waals surface area contributed by atoms with Gasteiger partial charge in [0, 0.05) is 23.2 Å². The quantitative estimate of drug-likeness (QED) is 0.252. The van der Waals surface area contributed by atoms with Gasteiger partial charge in [-0.3, -0.25) is 4.57 Å². The van der Waals surface area contributed by atoms with E-state index in [2.05, 4.69) is 25.1 Å². The highest BCUT2D eigenvalue weighted by Crippen LogP contribution is 2.24. The van der Waals surface area contributed by atoms with Gasteiger partial charge in [0.2, 0.25) is 0 Å². The first-order valence-corrected chi connectivity index (χ1v) is 13.4. The number of alkyl halides is 3. The molecule has 2 heterocycles. The normalized spacial score (nSPS) is 12.0. The van der Waals surface area contributed by atoms with Gasteiger partial charge in [-0.25, -0.2) is 14.5 Å². The zero-order valence-corrected chi connectivity index (χ0v) is 23.1. The molecular weight excluding hydrogens is 553 g/mol. The topological polar surface area (TPSA) is 86.3 Å². The third-order valence-corrected chi connectivity index (χ3v) is 7.17. The first kappa shape index (κ1) is 27.8. The number of carbonyl (C=O) groups excluding carboxylic acids is 1. The van der Waals surface area contributed by atoms with Gasteiger partial charge in [0.05, 0.1) is 11.4 Å². The fourth-order valence-corrected chi connectivity index (χ4v) is 5.15. The summed E-state index contributed by atoms with van der Waals surface area (Å²) >= 11 is 1.41. The van der Waals surface area contributed by atoms with Crippen LogP contribution in [0.2, 0.25) is 0 Å². The van der Waals surface area contributed by atoms with Crippen LogP contribution in [0.3, 0.4) is 0 Å². The molecule has 0 radical (unpaired) electrons. The number of nitrogens with zero attached hydrogens (tertiary/aromatic N) is 5. The molecule has 0 aliphatic heterocycles. The Morgan fingerprint density at radius 1 is 1.00 bits per heavy atom. The zero-order valence-electron chi connectivity index (χ0n) is 22.3. The molecule has 0 unspecified atom stereocenters. The van der Waals surface area contributed by atoms with Crippen LogP contribution in [0, 0.1) is 20.8 Å². The number of urea groups is 1. The van der Waals surface area contributed by atoms with Crippen molar-refractivity contribution >= 4 is 17.4 Å². The number of halogens is 3. The molecule has 12 heteroatoms. The lowest BCUT2D eigenvalue weighted by atomic mass is 10.1. The maximum absolute atomic E-state index is 12.7. The predicted molar refractivity (Wildman–Crippen MR) is 149 cm³/mol. The maximum atomic E-state index is 12.7. The van der Waals surface area contributed by atoms with E-state index in [1.807, 2.05) is 73.2 Å². The van der Waals surface area contributed by atoms with Crippen molar-refractivity contribution in [3.05, 3.63) is 106 Å². The Bertz CT molecular complexity index is 1730. The highest BCUT2D eigenvalue weighted by atomic mass is 32.1. The lowest BCUT2D eigenvalue weighted by molar-refractivity contribution is -0.274. The van der Waals surface area contributed by atoms with E-state index < -0.39 is 12.4 Å². The van der Waals surface area contributed by atoms with Gasteiger partial charge in [0.15, 0.2) is 10.6 Å². The number of nitrogens with one attached hydrogen (secondary N) is 1. The van der Waals surface area contributed by atoms with E-state index in [9.17, 15) is 18.0 Å². The molecule has 0 saturated heterocycles. The number of thiazole rings is 1. The number of amides is 2. The van der Waals surface area contributed by atoms with Crippen molar-refractivity contribution in [2.75, 3.05) is 0 Å². The number of aryl methyl sites for hydroxylation is 3. The van der Waals surface area contributed by atoms with E-state index >= 15 is 0 Å². The molecule has 5 rings (SSSR count). The van der Waals surface area contributed by atoms with Gasteiger partial charge >= 0.3 is 12.4 Å². The van der Waals surface area contributed by atoms with Crippen molar-refractivity contribution in [3.8, 4) is 28.5 Å². The van der Waals surface area contributed by atoms with Crippen molar-refractivity contribution in [2.24, 2.45) is 4.99 Å². The Morgan fingerprint density at radius 2 is 1.68 bits per heavy atom. The molecule has 2 amide bonds. The van der Waals surface area contributed by atoms with Crippen LogP contribution in [0.4, 0.5) is 18.0 Å². The SMILES string of the molecule is Cc1cccc(C)c1-n1c(C)csc1=NC(=O)NCc1ccc(-c2ncn(-c3ccc(OC(F)(F)F)cc3)n2)cc1. The Labute approximate surface area is 237 Å². The molecule has 3 aromatic carbocycles. The minimum absolute atomic E-state index is 0.282. The maximum Gasteiger partial charge on any atom is 0.573 e. The standard InChI is InChI=1S/C29H25F3N6O2S/c1-18-5-4-6-19(2)25(18)38-20(3)16-41-28(38)35-27(39)33-15-21-7-9-22(10-8-21)26-34-17-37(36-26)23-11-13-24(14-12-23)40-29(30,31)32/h4-14,16-17H,15H2,1-3H3,(H,33,39). The summed E-state index contributed by atoms with van der Waals surface area (Å²) in [5.74, 6) is 0.124. The van der Waals surface area contributed by atoms with E-state index in [0.29, 0.717) is 16.3 Å². The summed E-state index contributed by atoms with van der Waals surface area (Å²) in [6.07, 6.45) is -3.28. The van der Waals surface area contributed by atoms with E-state index in [1.165, 1.54) is 46.6 Å². The number of carbonyl (C=O) groups is 1. The lowest BCUT2D eigenvalue weighted by Gasteiger charge is -2.12. The Hall–Kier alpha value is -4.71. The number of hydrogen-bond donors (Lipinski definition) is 1. The van der Waals surface area contributed by atoms with Gasteiger partial charge in [0.25, 0.3) is 0 Å². The van der Waals surface area contributed by atoms with Crippen LogP contribution in [-0.4, -0.2) is 31.7 Å². The second-order valence-corrected chi connectivity index (χ2v) is 10.1. The lowest BCUT2D eigenvalue weighted by Crippen LogP contribution is -2.24. The fourth-order valence-electron chi connectivity index (χ4n) is 4.30. The zero-order chi connectivity index (χ0) is 29.1. The van der Waals surface area contributed by atoms with E-state index in [-0.39, 0.29) is 12.3 Å². The fraction of sp³-hybridized carbons (Fsp3) is 0.172. The Balaban J connectivity index is 1.24. The number of aromatic nitrogens is 4. The van der Waals surface area contributed by atoms with E-state index in [4.69, 9.17) is 0 Å². The molecule has 41 heavy (non-hydrogen) atoms. The summed E-state index contributed by atoms with van der Waals surface area (Å²) < 4.78 is 44.5. The molecule has 2 aromatic heterocycles. The van der Waals surface area contributed by atoms with Crippen molar-refractivity contribution in [2.45, 2.75) is 33.7 Å². The molecule has 0 bridgehead atoms. The second-order valence-electron chi connectivity index (χ2n) is 9.26. The summed E-state index contributed by atoms with van der Waals surface area (Å²) in [6.45, 7) is 6.34. The van der Waals surface area contributed by atoms with Gasteiger partial charge in [-0.05, 0) is 61.7 Å². The van der Waals surface area contributed by atoms with Crippen molar-refractivity contribution < 1.29 is 22.7 Å². The van der Waals surface area contributed by atoms with Gasteiger partial charge in [-0.15, -0.1) is 29.6 Å². The highest BCUT2D eigenvalue weighted by Gasteiger charge is 2.31. The minimum atomic E-state index is -4.75. The van der Waals surface area contributed by atoms with Gasteiger partial charge in [-0.1, -0.05) is 42.5 Å². The first-order chi connectivity index (χ1) is 19.6. The molecule has 0 atom stereocenters. The number of para-hydroxylation sites is 1. The summed E-state index contributed by atoms with van der Waals surface area (Å²) in [5, 5.41) is 9.23. The van der Waals surface area contributed by atoms with Gasteiger partial charge in [-0.2, -0.15) is 4.99 Å². The molecule has 5 aromatic rings. The van der Waals surface area contributed by atoms with Crippen LogP contribution >= 0.6 is 11.3 Å². The van der Waals surface area contributed by atoms with Crippen LogP contribution in [-0.2, 0) is 6.54 Å². The van der Waals surface area contributed by atoms with Crippen LogP contribution < -0.4 is 14.9 Å². The number of benzene rings is 3. The molecule has 0 saturated carbocycles. The predicted octanol–water partition coefficient (Wildman–Crippen LogP) is 6.42. The van der Waals surface area contributed by atoms with Crippen LogP contribution in [0.1, 0.15) is 22.4 Å². The smallest absolute Gasteiger partial charge is 0.406 e. The number of hydrogen-bond acceptors (Lipinski definition) is 5. The molecule has 0 aliphatic rings. The average Bonchev–Trinajstić information content (AvgIpc) is 3.55. The largest absolute Gasteiger partial charge is 0.573 e. The molecule has 1 N–H and O–H groups in total. The summed E-state index contributed by atoms with van der Waals surface area (Å²) in [5.41, 5.74) is 6.35. The second kappa shape index (κ2) is 11.4. The minimum Gasteiger partial charge on any atom is -0.406 e.